The molecule has 0 amide bonds. The molecule has 8 aromatic rings. The number of hydrogen-bond donors (Lipinski definition) is 0. The molecule has 0 saturated carbocycles. The van der Waals surface area contributed by atoms with Gasteiger partial charge in [-0.3, -0.25) is 18.7 Å². The van der Waals surface area contributed by atoms with Crippen molar-refractivity contribution in [1.82, 2.24) is 13.7 Å². The standard InChI is InChI=1S/C38H25N3O2/c42-37-38(43)41(30-23-24-34-32(25-30)31-15-7-8-16-33(31)39(34)28-13-5-2-6-14-28)36-18-10-9-17-35(36)40(37)29-21-19-27(20-22-29)26-11-3-1-4-12-26/h1-25H. The summed E-state index contributed by atoms with van der Waals surface area (Å²) >= 11 is 0. The summed E-state index contributed by atoms with van der Waals surface area (Å²) in [5.41, 5.74) is 6.70. The summed E-state index contributed by atoms with van der Waals surface area (Å²) in [6.07, 6.45) is 0. The maximum Gasteiger partial charge on any atom is 0.321 e. The maximum atomic E-state index is 13.9. The minimum absolute atomic E-state index is 0.599. The second kappa shape index (κ2) is 9.86. The van der Waals surface area contributed by atoms with Crippen LogP contribution in [0, 0.1) is 0 Å². The second-order valence-corrected chi connectivity index (χ2v) is 10.6. The van der Waals surface area contributed by atoms with Crippen LogP contribution in [0.4, 0.5) is 0 Å². The first-order valence-corrected chi connectivity index (χ1v) is 14.2. The van der Waals surface area contributed by atoms with Crippen LogP contribution in [0.2, 0.25) is 0 Å². The van der Waals surface area contributed by atoms with E-state index in [2.05, 4.69) is 28.8 Å². The van der Waals surface area contributed by atoms with E-state index in [1.165, 1.54) is 4.57 Å². The number of fused-ring (bicyclic) bond motifs is 4. The quantitative estimate of drug-likeness (QED) is 0.207. The molecule has 0 atom stereocenters. The van der Waals surface area contributed by atoms with Gasteiger partial charge in [-0.2, -0.15) is 0 Å². The Labute approximate surface area is 246 Å². The summed E-state index contributed by atoms with van der Waals surface area (Å²) in [7, 11) is 0. The van der Waals surface area contributed by atoms with Gasteiger partial charge >= 0.3 is 11.1 Å². The zero-order valence-corrected chi connectivity index (χ0v) is 23.1. The molecule has 5 nitrogen and oxygen atoms in total. The van der Waals surface area contributed by atoms with Gasteiger partial charge in [-0.05, 0) is 71.8 Å². The lowest BCUT2D eigenvalue weighted by Gasteiger charge is -2.16. The molecule has 8 rings (SSSR count). The zero-order chi connectivity index (χ0) is 28.9. The molecule has 0 aliphatic rings. The smallest absolute Gasteiger partial charge is 0.309 e. The highest BCUT2D eigenvalue weighted by Gasteiger charge is 2.18. The number of para-hydroxylation sites is 4. The fourth-order valence-electron chi connectivity index (χ4n) is 6.15. The molecule has 0 aliphatic heterocycles. The highest BCUT2D eigenvalue weighted by molar-refractivity contribution is 6.10. The average molecular weight is 556 g/mol. The number of aromatic nitrogens is 3. The van der Waals surface area contributed by atoms with Crippen molar-refractivity contribution < 1.29 is 0 Å². The maximum absolute atomic E-state index is 13.9. The molecule has 204 valence electrons. The number of benzene rings is 6. The lowest BCUT2D eigenvalue weighted by atomic mass is 10.1. The summed E-state index contributed by atoms with van der Waals surface area (Å²) in [4.78, 5) is 27.7. The number of rotatable bonds is 4. The van der Waals surface area contributed by atoms with Gasteiger partial charge in [-0.15, -0.1) is 0 Å². The Kier molecular flexibility index (Phi) is 5.69. The molecule has 0 N–H and O–H groups in total. The summed E-state index contributed by atoms with van der Waals surface area (Å²) in [5.74, 6) is 0. The topological polar surface area (TPSA) is 48.9 Å². The molecular weight excluding hydrogens is 530 g/mol. The van der Waals surface area contributed by atoms with E-state index in [1.54, 1.807) is 4.57 Å². The third-order valence-corrected chi connectivity index (χ3v) is 8.11. The van der Waals surface area contributed by atoms with E-state index in [1.807, 2.05) is 127 Å². The number of nitrogens with zero attached hydrogens (tertiary/aromatic N) is 3. The lowest BCUT2D eigenvalue weighted by molar-refractivity contribution is 0.919. The molecular formula is C38H25N3O2. The molecule has 0 unspecified atom stereocenters. The third-order valence-electron chi connectivity index (χ3n) is 8.11. The number of hydrogen-bond acceptors (Lipinski definition) is 2. The van der Waals surface area contributed by atoms with E-state index in [4.69, 9.17) is 0 Å². The molecule has 43 heavy (non-hydrogen) atoms. The predicted molar refractivity (Wildman–Crippen MR) is 175 cm³/mol. The van der Waals surface area contributed by atoms with Crippen molar-refractivity contribution in [3.05, 3.63) is 172 Å². The molecule has 2 heterocycles. The largest absolute Gasteiger partial charge is 0.321 e. The van der Waals surface area contributed by atoms with Crippen LogP contribution >= 0.6 is 0 Å². The van der Waals surface area contributed by atoms with Crippen LogP contribution in [-0.2, 0) is 0 Å². The first-order chi connectivity index (χ1) is 21.2. The highest BCUT2D eigenvalue weighted by Crippen LogP contribution is 2.33. The molecule has 6 aromatic carbocycles. The van der Waals surface area contributed by atoms with Crippen molar-refractivity contribution >= 4 is 32.8 Å². The SMILES string of the molecule is O=c1c(=O)n(-c2ccc3c(c2)c2ccccc2n3-c2ccccc2)c2ccccc2n1-c1ccc(-c2ccccc2)cc1. The van der Waals surface area contributed by atoms with Gasteiger partial charge < -0.3 is 4.57 Å². The molecule has 5 heteroatoms. The van der Waals surface area contributed by atoms with Crippen molar-refractivity contribution in [2.24, 2.45) is 0 Å². The summed E-state index contributed by atoms with van der Waals surface area (Å²) in [5, 5.41) is 2.08. The Hall–Kier alpha value is -5.94. The monoisotopic (exact) mass is 555 g/mol. The molecule has 0 radical (unpaired) electrons. The minimum atomic E-state index is -0.600. The molecule has 0 aliphatic carbocycles. The molecule has 0 bridgehead atoms. The van der Waals surface area contributed by atoms with Crippen molar-refractivity contribution in [1.29, 1.82) is 0 Å². The van der Waals surface area contributed by atoms with E-state index in [-0.39, 0.29) is 0 Å². The van der Waals surface area contributed by atoms with Gasteiger partial charge in [-0.1, -0.05) is 91.0 Å². The van der Waals surface area contributed by atoms with Gasteiger partial charge in [0.15, 0.2) is 0 Å². The van der Waals surface area contributed by atoms with Gasteiger partial charge in [0.1, 0.15) is 0 Å². The first-order valence-electron chi connectivity index (χ1n) is 14.2. The van der Waals surface area contributed by atoms with E-state index in [0.717, 1.165) is 38.6 Å². The van der Waals surface area contributed by atoms with E-state index in [0.29, 0.717) is 22.4 Å². The Bertz CT molecular complexity index is 2420. The van der Waals surface area contributed by atoms with Crippen LogP contribution < -0.4 is 11.1 Å². The first kappa shape index (κ1) is 24.8. The van der Waals surface area contributed by atoms with Crippen LogP contribution in [0.1, 0.15) is 0 Å². The Morgan fingerprint density at radius 1 is 0.326 bits per heavy atom. The van der Waals surface area contributed by atoms with Gasteiger partial charge in [0.25, 0.3) is 0 Å². The lowest BCUT2D eigenvalue weighted by Crippen LogP contribution is -2.40. The van der Waals surface area contributed by atoms with Gasteiger partial charge in [0.2, 0.25) is 0 Å². The summed E-state index contributed by atoms with van der Waals surface area (Å²) in [6, 6.07) is 49.9. The average Bonchev–Trinajstić information content (AvgIpc) is 3.40. The molecule has 0 spiro atoms. The van der Waals surface area contributed by atoms with E-state index < -0.39 is 11.1 Å². The van der Waals surface area contributed by atoms with E-state index in [9.17, 15) is 9.59 Å². The third kappa shape index (κ3) is 3.94. The van der Waals surface area contributed by atoms with E-state index >= 15 is 0 Å². The van der Waals surface area contributed by atoms with Crippen LogP contribution in [0.3, 0.4) is 0 Å². The molecule has 0 saturated heterocycles. The van der Waals surface area contributed by atoms with Crippen LogP contribution in [0.25, 0.3) is 61.0 Å². The molecule has 0 fully saturated rings. The summed E-state index contributed by atoms with van der Waals surface area (Å²) in [6.45, 7) is 0. The van der Waals surface area contributed by atoms with Crippen molar-refractivity contribution in [3.8, 4) is 28.2 Å². The Balaban J connectivity index is 1.34. The fourth-order valence-corrected chi connectivity index (χ4v) is 6.15. The van der Waals surface area contributed by atoms with Crippen molar-refractivity contribution in [2.45, 2.75) is 0 Å². The Morgan fingerprint density at radius 3 is 1.47 bits per heavy atom. The highest BCUT2D eigenvalue weighted by atomic mass is 16.2. The minimum Gasteiger partial charge on any atom is -0.309 e. The Morgan fingerprint density at radius 2 is 0.791 bits per heavy atom. The summed E-state index contributed by atoms with van der Waals surface area (Å²) < 4.78 is 5.29. The van der Waals surface area contributed by atoms with Crippen LogP contribution in [0.15, 0.2) is 161 Å². The van der Waals surface area contributed by atoms with Gasteiger partial charge in [0.05, 0.1) is 27.8 Å². The van der Waals surface area contributed by atoms with Crippen LogP contribution in [0.5, 0.6) is 0 Å². The van der Waals surface area contributed by atoms with Crippen LogP contribution in [-0.4, -0.2) is 13.7 Å². The fraction of sp³-hybridized carbons (Fsp3) is 0. The molecule has 2 aromatic heterocycles. The van der Waals surface area contributed by atoms with Gasteiger partial charge in [-0.25, -0.2) is 0 Å². The zero-order valence-electron chi connectivity index (χ0n) is 23.1. The predicted octanol–water partition coefficient (Wildman–Crippen LogP) is 7.91. The second-order valence-electron chi connectivity index (χ2n) is 10.6. The van der Waals surface area contributed by atoms with Gasteiger partial charge in [0, 0.05) is 22.1 Å². The van der Waals surface area contributed by atoms with Crippen molar-refractivity contribution in [3.63, 3.8) is 0 Å². The normalized spacial score (nSPS) is 11.4. The van der Waals surface area contributed by atoms with Crippen molar-refractivity contribution in [2.75, 3.05) is 0 Å².